The van der Waals surface area contributed by atoms with Gasteiger partial charge < -0.3 is 9.47 Å². The average Bonchev–Trinajstić information content (AvgIpc) is 3.24. The van der Waals surface area contributed by atoms with E-state index in [0.29, 0.717) is 11.8 Å². The van der Waals surface area contributed by atoms with E-state index in [1.165, 1.54) is 135 Å². The van der Waals surface area contributed by atoms with Gasteiger partial charge in [0.1, 0.15) is 11.5 Å². The van der Waals surface area contributed by atoms with Crippen molar-refractivity contribution in [3.8, 4) is 35.2 Å². The molecule has 0 atom stereocenters. The van der Waals surface area contributed by atoms with Crippen molar-refractivity contribution >= 4 is 0 Å². The first kappa shape index (κ1) is 43.3. The van der Waals surface area contributed by atoms with Crippen molar-refractivity contribution in [2.45, 2.75) is 175 Å². The van der Waals surface area contributed by atoms with Gasteiger partial charge >= 0.3 is 0 Å². The Kier molecular flexibility index (Phi) is 19.5. The largest absolute Gasteiger partial charge is 0.494 e. The van der Waals surface area contributed by atoms with Crippen LogP contribution in [0.2, 0.25) is 0 Å². The molecular weight excluding hydrogens is 669 g/mol. The fraction of sp³-hybridized carbons (Fsp3) is 0.698. The third-order valence-corrected chi connectivity index (χ3v) is 14.0. The van der Waals surface area contributed by atoms with Crippen molar-refractivity contribution in [1.82, 2.24) is 0 Å². The molecule has 4 aliphatic rings. The van der Waals surface area contributed by atoms with Crippen LogP contribution < -0.4 is 9.47 Å². The summed E-state index contributed by atoms with van der Waals surface area (Å²) in [7, 11) is 0. The lowest BCUT2D eigenvalue weighted by Gasteiger charge is -2.37. The molecule has 4 aliphatic carbocycles. The summed E-state index contributed by atoms with van der Waals surface area (Å²) >= 11 is 0. The SMILES string of the molecule is CCCCOc1ccc(C#C[C@H]2CC[C@H]([C@H]3CC[C@H](CC)CC3)CC2)cc1.CCCCOc1ccc(C#C[C@H]2CC[C@H]([C@H]3CC[C@H](CCC)CC3)CC2)cc1. The fourth-order valence-electron chi connectivity index (χ4n) is 10.2. The molecule has 0 heterocycles. The first-order valence-corrected chi connectivity index (χ1v) is 23.5. The van der Waals surface area contributed by atoms with Gasteiger partial charge in [-0.1, -0.05) is 109 Å². The Balaban J connectivity index is 0.000000211. The molecule has 55 heavy (non-hydrogen) atoms. The molecule has 0 aliphatic heterocycles. The maximum atomic E-state index is 5.74. The highest BCUT2D eigenvalue weighted by Gasteiger charge is 2.31. The van der Waals surface area contributed by atoms with Crippen LogP contribution in [0.4, 0.5) is 0 Å². The van der Waals surface area contributed by atoms with E-state index in [4.69, 9.17) is 9.47 Å². The molecule has 0 N–H and O–H groups in total. The molecule has 0 saturated heterocycles. The maximum absolute atomic E-state index is 5.74. The Morgan fingerprint density at radius 1 is 0.436 bits per heavy atom. The third-order valence-electron chi connectivity index (χ3n) is 14.0. The quantitative estimate of drug-likeness (QED) is 0.150. The Hall–Kier alpha value is -2.84. The second kappa shape index (κ2) is 24.7. The van der Waals surface area contributed by atoms with E-state index in [0.717, 1.165) is 84.2 Å². The Morgan fingerprint density at radius 2 is 0.800 bits per heavy atom. The summed E-state index contributed by atoms with van der Waals surface area (Å²) in [6.07, 6.45) is 31.6. The zero-order chi connectivity index (χ0) is 38.5. The van der Waals surface area contributed by atoms with Crippen LogP contribution in [0, 0.1) is 71.0 Å². The van der Waals surface area contributed by atoms with Crippen LogP contribution in [0.15, 0.2) is 48.5 Å². The second-order valence-corrected chi connectivity index (χ2v) is 18.0. The normalized spacial score (nSPS) is 27.9. The molecule has 0 spiro atoms. The van der Waals surface area contributed by atoms with Crippen LogP contribution in [0.3, 0.4) is 0 Å². The number of ether oxygens (including phenoxy) is 2. The average molecular weight is 747 g/mol. The van der Waals surface area contributed by atoms with Gasteiger partial charge in [0.2, 0.25) is 0 Å². The molecule has 302 valence electrons. The van der Waals surface area contributed by atoms with Crippen molar-refractivity contribution in [3.05, 3.63) is 59.7 Å². The molecule has 4 saturated carbocycles. The summed E-state index contributed by atoms with van der Waals surface area (Å²) in [5.41, 5.74) is 2.25. The van der Waals surface area contributed by atoms with Gasteiger partial charge in [-0.25, -0.2) is 0 Å². The molecule has 0 unspecified atom stereocenters. The van der Waals surface area contributed by atoms with E-state index in [9.17, 15) is 0 Å². The van der Waals surface area contributed by atoms with Gasteiger partial charge in [0.25, 0.3) is 0 Å². The summed E-state index contributed by atoms with van der Waals surface area (Å²) in [5, 5.41) is 0. The standard InChI is InChI=1S/C27H40O.C26H38O/c1-3-5-21-28-27-19-13-24(14-20-27)8-7-23-11-17-26(18-12-23)25-15-9-22(6-4-2)10-16-25;1-3-5-20-27-26-18-12-23(13-19-26)7-6-22-10-16-25(17-11-22)24-14-8-21(4-2)9-15-24/h13-14,19-20,22-23,25-26H,3-6,9-12,15-18,21H2,1-2H3;12-13,18-19,21-22,24-25H,3-5,8-11,14-17,20H2,1-2H3/t22-,23-,25-,26-;21-,22-,24-,25-. The lowest BCUT2D eigenvalue weighted by Crippen LogP contribution is -2.25. The van der Waals surface area contributed by atoms with Crippen LogP contribution in [0.1, 0.15) is 187 Å². The summed E-state index contributed by atoms with van der Waals surface area (Å²) in [5.74, 6) is 23.2. The molecule has 0 amide bonds. The van der Waals surface area contributed by atoms with Gasteiger partial charge in [0.05, 0.1) is 13.2 Å². The smallest absolute Gasteiger partial charge is 0.119 e. The number of hydrogen-bond donors (Lipinski definition) is 0. The molecular formula is C53H78O2. The molecule has 2 aromatic carbocycles. The van der Waals surface area contributed by atoms with Gasteiger partial charge in [0.15, 0.2) is 0 Å². The lowest BCUT2D eigenvalue weighted by atomic mass is 9.69. The predicted molar refractivity (Wildman–Crippen MR) is 234 cm³/mol. The van der Waals surface area contributed by atoms with E-state index in [2.05, 4.69) is 99.9 Å². The first-order valence-electron chi connectivity index (χ1n) is 23.5. The Bertz CT molecular complexity index is 1420. The summed E-state index contributed by atoms with van der Waals surface area (Å²) < 4.78 is 11.5. The lowest BCUT2D eigenvalue weighted by molar-refractivity contribution is 0.154. The highest BCUT2D eigenvalue weighted by molar-refractivity contribution is 5.39. The minimum Gasteiger partial charge on any atom is -0.494 e. The topological polar surface area (TPSA) is 18.5 Å². The molecule has 4 fully saturated rings. The van der Waals surface area contributed by atoms with E-state index in [1.807, 2.05) is 0 Å². The van der Waals surface area contributed by atoms with E-state index < -0.39 is 0 Å². The predicted octanol–water partition coefficient (Wildman–Crippen LogP) is 14.9. The van der Waals surface area contributed by atoms with Crippen LogP contribution in [0.5, 0.6) is 11.5 Å². The van der Waals surface area contributed by atoms with Gasteiger partial charge in [0, 0.05) is 23.0 Å². The molecule has 0 aromatic heterocycles. The number of rotatable bonds is 13. The summed E-state index contributed by atoms with van der Waals surface area (Å²) in [4.78, 5) is 0. The van der Waals surface area contributed by atoms with Crippen molar-refractivity contribution in [2.24, 2.45) is 47.3 Å². The molecule has 0 radical (unpaired) electrons. The van der Waals surface area contributed by atoms with Gasteiger partial charge in [-0.15, -0.1) is 0 Å². The molecule has 2 nitrogen and oxygen atoms in total. The van der Waals surface area contributed by atoms with Crippen molar-refractivity contribution in [1.29, 1.82) is 0 Å². The van der Waals surface area contributed by atoms with Crippen molar-refractivity contribution < 1.29 is 9.47 Å². The Labute approximate surface area is 339 Å². The zero-order valence-corrected chi connectivity index (χ0v) is 35.7. The number of benzene rings is 2. The highest BCUT2D eigenvalue weighted by atomic mass is 16.5. The van der Waals surface area contributed by atoms with Crippen molar-refractivity contribution in [2.75, 3.05) is 13.2 Å². The van der Waals surface area contributed by atoms with E-state index >= 15 is 0 Å². The highest BCUT2D eigenvalue weighted by Crippen LogP contribution is 2.43. The molecule has 6 rings (SSSR count). The number of hydrogen-bond acceptors (Lipinski definition) is 2. The second-order valence-electron chi connectivity index (χ2n) is 18.0. The third kappa shape index (κ3) is 15.2. The minimum absolute atomic E-state index is 0.605. The maximum Gasteiger partial charge on any atom is 0.119 e. The summed E-state index contributed by atoms with van der Waals surface area (Å²) in [6.45, 7) is 10.7. The van der Waals surface area contributed by atoms with E-state index in [1.54, 1.807) is 0 Å². The van der Waals surface area contributed by atoms with Gasteiger partial charge in [-0.05, 0) is 174 Å². The van der Waals surface area contributed by atoms with Crippen LogP contribution >= 0.6 is 0 Å². The van der Waals surface area contributed by atoms with Gasteiger partial charge in [-0.3, -0.25) is 0 Å². The monoisotopic (exact) mass is 747 g/mol. The van der Waals surface area contributed by atoms with Gasteiger partial charge in [-0.2, -0.15) is 0 Å². The first-order chi connectivity index (χ1) is 27.1. The zero-order valence-electron chi connectivity index (χ0n) is 35.7. The van der Waals surface area contributed by atoms with E-state index in [-0.39, 0.29) is 0 Å². The number of unbranched alkanes of at least 4 members (excludes halogenated alkanes) is 2. The van der Waals surface area contributed by atoms with Crippen LogP contribution in [-0.2, 0) is 0 Å². The molecule has 2 heteroatoms. The van der Waals surface area contributed by atoms with Crippen molar-refractivity contribution in [3.63, 3.8) is 0 Å². The summed E-state index contributed by atoms with van der Waals surface area (Å²) in [6, 6.07) is 16.7. The minimum atomic E-state index is 0.605. The molecule has 0 bridgehead atoms. The van der Waals surface area contributed by atoms with Crippen LogP contribution in [0.25, 0.3) is 0 Å². The van der Waals surface area contributed by atoms with Crippen LogP contribution in [-0.4, -0.2) is 13.2 Å². The molecule has 2 aromatic rings. The Morgan fingerprint density at radius 3 is 1.15 bits per heavy atom. The fourth-order valence-corrected chi connectivity index (χ4v) is 10.2.